The van der Waals surface area contributed by atoms with Crippen LogP contribution in [0.2, 0.25) is 5.15 Å². The number of pyridine rings is 1. The van der Waals surface area contributed by atoms with Crippen LogP contribution in [-0.4, -0.2) is 18.1 Å². The quantitative estimate of drug-likeness (QED) is 0.577. The van der Waals surface area contributed by atoms with E-state index in [4.69, 9.17) is 16.3 Å². The average Bonchev–Trinajstić information content (AvgIpc) is 2.68. The average molecular weight is 269 g/mol. The Labute approximate surface area is 108 Å². The van der Waals surface area contributed by atoms with Gasteiger partial charge in [0.15, 0.2) is 0 Å². The van der Waals surface area contributed by atoms with Gasteiger partial charge in [-0.25, -0.2) is 9.78 Å². The summed E-state index contributed by atoms with van der Waals surface area (Å²) < 4.78 is 3.32. The first-order chi connectivity index (χ1) is 8.05. The maximum absolute atomic E-state index is 11.8. The summed E-state index contributed by atoms with van der Waals surface area (Å²) >= 11 is 7.15. The lowest BCUT2D eigenvalue weighted by Crippen LogP contribution is -2.31. The van der Waals surface area contributed by atoms with Crippen molar-refractivity contribution in [2.45, 2.75) is 17.4 Å². The van der Waals surface area contributed by atoms with Crippen molar-refractivity contribution >= 4 is 29.3 Å². The first kappa shape index (κ1) is 12.2. The number of aryl methyl sites for hydroxylation is 1. The Balaban J connectivity index is 2.63. The topological polar surface area (TPSA) is 63.0 Å². The van der Waals surface area contributed by atoms with E-state index in [1.54, 1.807) is 0 Å². The maximum Gasteiger partial charge on any atom is 0.342 e. The fraction of sp³-hybridized carbons (Fsp3) is 0.364. The molecular weight excluding hydrogens is 260 g/mol. The van der Waals surface area contributed by atoms with Gasteiger partial charge < -0.3 is 4.74 Å². The van der Waals surface area contributed by atoms with Crippen molar-refractivity contribution in [1.82, 2.24) is 4.98 Å². The molecule has 1 unspecified atom stereocenters. The van der Waals surface area contributed by atoms with E-state index in [1.807, 2.05) is 19.1 Å². The highest BCUT2D eigenvalue weighted by atomic mass is 35.5. The van der Waals surface area contributed by atoms with Crippen LogP contribution in [0.25, 0.3) is 0 Å². The molecule has 0 bridgehead atoms. The SMILES string of the molecule is COC(=O)C1(C#N)SCc2cc(C)c(Cl)nc21. The summed E-state index contributed by atoms with van der Waals surface area (Å²) in [5, 5.41) is 9.58. The van der Waals surface area contributed by atoms with Gasteiger partial charge in [-0.3, -0.25) is 0 Å². The van der Waals surface area contributed by atoms with Gasteiger partial charge in [0.2, 0.25) is 4.75 Å². The molecule has 0 N–H and O–H groups in total. The summed E-state index contributed by atoms with van der Waals surface area (Å²) in [6.07, 6.45) is 0. The van der Waals surface area contributed by atoms with Crippen LogP contribution in [0, 0.1) is 18.3 Å². The first-order valence-corrected chi connectivity index (χ1v) is 6.21. The molecule has 6 heteroatoms. The number of nitrogens with zero attached hydrogens (tertiary/aromatic N) is 2. The molecule has 0 saturated carbocycles. The van der Waals surface area contributed by atoms with E-state index in [-0.39, 0.29) is 0 Å². The number of methoxy groups -OCH3 is 1. The Kier molecular flexibility index (Phi) is 3.02. The summed E-state index contributed by atoms with van der Waals surface area (Å²) in [6, 6.07) is 3.86. The number of halogens is 1. The van der Waals surface area contributed by atoms with Crippen molar-refractivity contribution in [1.29, 1.82) is 5.26 Å². The highest BCUT2D eigenvalue weighted by Gasteiger charge is 2.50. The Morgan fingerprint density at radius 3 is 3.06 bits per heavy atom. The molecular formula is C11H9ClN2O2S. The number of aromatic nitrogens is 1. The smallest absolute Gasteiger partial charge is 0.342 e. The van der Waals surface area contributed by atoms with E-state index in [0.29, 0.717) is 16.6 Å². The molecule has 1 aliphatic heterocycles. The van der Waals surface area contributed by atoms with E-state index >= 15 is 0 Å². The lowest BCUT2D eigenvalue weighted by molar-refractivity contribution is -0.142. The van der Waals surface area contributed by atoms with E-state index in [1.165, 1.54) is 18.9 Å². The maximum atomic E-state index is 11.8. The second-order valence-corrected chi connectivity index (χ2v) is 5.22. The van der Waals surface area contributed by atoms with Crippen LogP contribution < -0.4 is 0 Å². The number of esters is 1. The summed E-state index contributed by atoms with van der Waals surface area (Å²) in [5.74, 6) is -0.0422. The van der Waals surface area contributed by atoms with Gasteiger partial charge in [-0.15, -0.1) is 11.8 Å². The normalized spacial score (nSPS) is 21.8. The minimum atomic E-state index is -1.37. The molecule has 17 heavy (non-hydrogen) atoms. The number of thioether (sulfide) groups is 1. The molecule has 4 nitrogen and oxygen atoms in total. The molecule has 0 fully saturated rings. The largest absolute Gasteiger partial charge is 0.467 e. The van der Waals surface area contributed by atoms with E-state index in [9.17, 15) is 10.1 Å². The van der Waals surface area contributed by atoms with Crippen molar-refractivity contribution in [3.63, 3.8) is 0 Å². The number of fused-ring (bicyclic) bond motifs is 1. The van der Waals surface area contributed by atoms with Gasteiger partial charge in [0, 0.05) is 5.75 Å². The van der Waals surface area contributed by atoms with Crippen molar-refractivity contribution in [3.05, 3.63) is 28.0 Å². The molecule has 0 spiro atoms. The van der Waals surface area contributed by atoms with Crippen molar-refractivity contribution in [2.75, 3.05) is 7.11 Å². The predicted molar refractivity (Wildman–Crippen MR) is 64.6 cm³/mol. The molecule has 2 rings (SSSR count). The minimum Gasteiger partial charge on any atom is -0.467 e. The van der Waals surface area contributed by atoms with Crippen molar-refractivity contribution < 1.29 is 9.53 Å². The third kappa shape index (κ3) is 1.68. The van der Waals surface area contributed by atoms with Crippen LogP contribution in [0.5, 0.6) is 0 Å². The van der Waals surface area contributed by atoms with Gasteiger partial charge in [0.25, 0.3) is 0 Å². The van der Waals surface area contributed by atoms with E-state index in [0.717, 1.165) is 11.1 Å². The molecule has 0 aromatic carbocycles. The molecule has 0 radical (unpaired) electrons. The summed E-state index contributed by atoms with van der Waals surface area (Å²) in [4.78, 5) is 15.9. The fourth-order valence-electron chi connectivity index (χ4n) is 1.75. The number of carbonyl (C=O) groups excluding carboxylic acids is 1. The Morgan fingerprint density at radius 1 is 1.76 bits per heavy atom. The summed E-state index contributed by atoms with van der Waals surface area (Å²) in [5.41, 5.74) is 2.11. The Bertz CT molecular complexity index is 541. The van der Waals surface area contributed by atoms with Crippen LogP contribution in [-0.2, 0) is 20.0 Å². The van der Waals surface area contributed by atoms with Gasteiger partial charge in [-0.2, -0.15) is 5.26 Å². The summed E-state index contributed by atoms with van der Waals surface area (Å²) in [6.45, 7) is 1.84. The van der Waals surface area contributed by atoms with Crippen LogP contribution >= 0.6 is 23.4 Å². The number of hydrogen-bond acceptors (Lipinski definition) is 5. The van der Waals surface area contributed by atoms with Crippen LogP contribution in [0.15, 0.2) is 6.07 Å². The number of ether oxygens (including phenoxy) is 1. The molecule has 1 atom stereocenters. The third-order valence-corrected chi connectivity index (χ3v) is 4.36. The zero-order valence-corrected chi connectivity index (χ0v) is 10.9. The zero-order chi connectivity index (χ0) is 12.6. The van der Waals surface area contributed by atoms with Crippen LogP contribution in [0.3, 0.4) is 0 Å². The van der Waals surface area contributed by atoms with Gasteiger partial charge in [-0.1, -0.05) is 17.7 Å². The highest BCUT2D eigenvalue weighted by molar-refractivity contribution is 8.00. The number of hydrogen-bond donors (Lipinski definition) is 0. The van der Waals surface area contributed by atoms with Gasteiger partial charge in [0.1, 0.15) is 5.15 Å². The third-order valence-electron chi connectivity index (χ3n) is 2.64. The van der Waals surface area contributed by atoms with Gasteiger partial charge in [-0.05, 0) is 18.1 Å². The van der Waals surface area contributed by atoms with E-state index < -0.39 is 10.7 Å². The zero-order valence-electron chi connectivity index (χ0n) is 9.28. The lowest BCUT2D eigenvalue weighted by atomic mass is 10.0. The Morgan fingerprint density at radius 2 is 2.47 bits per heavy atom. The van der Waals surface area contributed by atoms with Gasteiger partial charge in [0.05, 0.1) is 18.9 Å². The molecule has 2 heterocycles. The van der Waals surface area contributed by atoms with Crippen LogP contribution in [0.4, 0.5) is 0 Å². The second kappa shape index (κ2) is 4.21. The lowest BCUT2D eigenvalue weighted by Gasteiger charge is -2.17. The Hall–Kier alpha value is -1.25. The first-order valence-electron chi connectivity index (χ1n) is 4.85. The molecule has 0 saturated heterocycles. The van der Waals surface area contributed by atoms with Crippen molar-refractivity contribution in [3.8, 4) is 6.07 Å². The predicted octanol–water partition coefficient (Wildman–Crippen LogP) is 2.18. The molecule has 88 valence electrons. The van der Waals surface area contributed by atoms with Crippen molar-refractivity contribution in [2.24, 2.45) is 0 Å². The monoisotopic (exact) mass is 268 g/mol. The molecule has 1 aliphatic rings. The van der Waals surface area contributed by atoms with Crippen LogP contribution in [0.1, 0.15) is 16.8 Å². The highest BCUT2D eigenvalue weighted by Crippen LogP contribution is 2.47. The fourth-order valence-corrected chi connectivity index (χ4v) is 3.06. The number of nitriles is 1. The van der Waals surface area contributed by atoms with E-state index in [2.05, 4.69) is 4.98 Å². The number of rotatable bonds is 1. The molecule has 0 amide bonds. The second-order valence-electron chi connectivity index (χ2n) is 3.68. The van der Waals surface area contributed by atoms with Gasteiger partial charge >= 0.3 is 5.97 Å². The molecule has 1 aromatic rings. The summed E-state index contributed by atoms with van der Waals surface area (Å²) in [7, 11) is 1.26. The minimum absolute atomic E-state index is 0.315. The standard InChI is InChI=1S/C11H9ClN2O2S/c1-6-3-7-4-17-11(5-13,10(15)16-2)8(7)14-9(6)12/h3H,4H2,1-2H3. The molecule has 1 aromatic heterocycles. The molecule has 0 aliphatic carbocycles. The number of carbonyl (C=O) groups is 1.